The van der Waals surface area contributed by atoms with Crippen molar-refractivity contribution < 1.29 is 10.0 Å². The predicted octanol–water partition coefficient (Wildman–Crippen LogP) is 3.77. The standard InChI is InChI=1S/C23H25N5O2/c1-16-7-4-8-17(2)21(16)12-11-19-9-5-10-20(15-19)28(30)26-22-18(3)25-27(23(22)29)14-6-13-24/h4-5,7-10,15,30H,6,11-12,14H2,1-3H3. The highest BCUT2D eigenvalue weighted by molar-refractivity contribution is 6.68. The van der Waals surface area contributed by atoms with Crippen molar-refractivity contribution in [1.29, 1.82) is 5.26 Å². The van der Waals surface area contributed by atoms with E-state index >= 15 is 0 Å². The maximum Gasteiger partial charge on any atom is 0.296 e. The topological polar surface area (TPSA) is 92.3 Å². The zero-order valence-electron chi connectivity index (χ0n) is 17.5. The molecule has 30 heavy (non-hydrogen) atoms. The minimum atomic E-state index is -0.423. The lowest BCUT2D eigenvalue weighted by atomic mass is 9.96. The molecular formula is C23H25N5O2. The lowest BCUT2D eigenvalue weighted by molar-refractivity contribution is -0.123. The van der Waals surface area contributed by atoms with Crippen LogP contribution in [0.1, 0.15) is 35.6 Å². The van der Waals surface area contributed by atoms with Crippen molar-refractivity contribution >= 4 is 23.0 Å². The number of benzene rings is 2. The van der Waals surface area contributed by atoms with E-state index in [1.165, 1.54) is 21.7 Å². The fourth-order valence-electron chi connectivity index (χ4n) is 3.47. The molecule has 1 aliphatic heterocycles. The number of anilines is 1. The number of rotatable bonds is 7. The summed E-state index contributed by atoms with van der Waals surface area (Å²) in [6.45, 7) is 6.09. The van der Waals surface area contributed by atoms with Gasteiger partial charge in [0.2, 0.25) is 0 Å². The van der Waals surface area contributed by atoms with Crippen LogP contribution in [-0.2, 0) is 17.6 Å². The Morgan fingerprint density at radius 3 is 2.53 bits per heavy atom. The van der Waals surface area contributed by atoms with Crippen molar-refractivity contribution in [3.05, 3.63) is 64.7 Å². The van der Waals surface area contributed by atoms with Gasteiger partial charge in [0.25, 0.3) is 5.91 Å². The largest absolute Gasteiger partial charge is 0.296 e. The van der Waals surface area contributed by atoms with Crippen LogP contribution in [0.5, 0.6) is 0 Å². The van der Waals surface area contributed by atoms with E-state index in [1.807, 2.05) is 24.3 Å². The van der Waals surface area contributed by atoms with Crippen LogP contribution in [0.4, 0.5) is 5.69 Å². The molecule has 7 nitrogen and oxygen atoms in total. The summed E-state index contributed by atoms with van der Waals surface area (Å²) >= 11 is 0. The van der Waals surface area contributed by atoms with Crippen molar-refractivity contribution in [2.75, 3.05) is 11.7 Å². The molecule has 2 aromatic rings. The molecule has 0 aliphatic carbocycles. The number of aryl methyl sites for hydroxylation is 3. The molecule has 1 amide bonds. The normalized spacial score (nSPS) is 14.8. The molecular weight excluding hydrogens is 378 g/mol. The van der Waals surface area contributed by atoms with Crippen molar-refractivity contribution in [2.45, 2.75) is 40.0 Å². The Morgan fingerprint density at radius 1 is 1.13 bits per heavy atom. The van der Waals surface area contributed by atoms with Gasteiger partial charge in [-0.2, -0.15) is 10.4 Å². The van der Waals surface area contributed by atoms with Gasteiger partial charge in [0.05, 0.1) is 30.4 Å². The number of hydrogen-bond donors (Lipinski definition) is 1. The Morgan fingerprint density at radius 2 is 1.83 bits per heavy atom. The van der Waals surface area contributed by atoms with E-state index in [0.29, 0.717) is 16.6 Å². The molecule has 3 rings (SSSR count). The van der Waals surface area contributed by atoms with Gasteiger partial charge < -0.3 is 0 Å². The number of nitriles is 1. The molecule has 0 radical (unpaired) electrons. The van der Waals surface area contributed by atoms with E-state index < -0.39 is 5.91 Å². The van der Waals surface area contributed by atoms with Gasteiger partial charge in [0.15, 0.2) is 5.71 Å². The van der Waals surface area contributed by atoms with Crippen molar-refractivity contribution in [2.24, 2.45) is 10.2 Å². The Balaban J connectivity index is 1.73. The predicted molar refractivity (Wildman–Crippen MR) is 117 cm³/mol. The van der Waals surface area contributed by atoms with Crippen LogP contribution in [-0.4, -0.2) is 34.1 Å². The van der Waals surface area contributed by atoms with Gasteiger partial charge in [-0.1, -0.05) is 30.3 Å². The van der Waals surface area contributed by atoms with Crippen LogP contribution < -0.4 is 5.17 Å². The maximum atomic E-state index is 12.4. The lowest BCUT2D eigenvalue weighted by Gasteiger charge is -2.14. The lowest BCUT2D eigenvalue weighted by Crippen LogP contribution is -2.30. The zero-order chi connectivity index (χ0) is 21.7. The third kappa shape index (κ3) is 4.73. The summed E-state index contributed by atoms with van der Waals surface area (Å²) in [5.41, 5.74) is 5.89. The van der Waals surface area contributed by atoms with Gasteiger partial charge in [-0.05, 0) is 68.0 Å². The fourth-order valence-corrected chi connectivity index (χ4v) is 3.47. The second-order valence-electron chi connectivity index (χ2n) is 7.30. The summed E-state index contributed by atoms with van der Waals surface area (Å²) in [6, 6.07) is 15.7. The second kappa shape index (κ2) is 9.33. The number of hydrogen-bond acceptors (Lipinski definition) is 6. The van der Waals surface area contributed by atoms with Crippen LogP contribution >= 0.6 is 0 Å². The van der Waals surface area contributed by atoms with Crippen LogP contribution in [0.15, 0.2) is 52.7 Å². The minimum absolute atomic E-state index is 0.0661. The smallest absolute Gasteiger partial charge is 0.267 e. The second-order valence-corrected chi connectivity index (χ2v) is 7.30. The van der Waals surface area contributed by atoms with E-state index in [9.17, 15) is 10.0 Å². The molecule has 0 saturated heterocycles. The van der Waals surface area contributed by atoms with Crippen LogP contribution in [0.2, 0.25) is 0 Å². The van der Waals surface area contributed by atoms with E-state index in [-0.39, 0.29) is 18.7 Å². The monoisotopic (exact) mass is 403 g/mol. The van der Waals surface area contributed by atoms with Crippen LogP contribution in [0.25, 0.3) is 0 Å². The number of carbonyl (C=O) groups is 1. The average Bonchev–Trinajstić information content (AvgIpc) is 2.99. The number of carbonyl (C=O) groups excluding carboxylic acids is 1. The Hall–Kier alpha value is -3.50. The number of amides is 1. The number of hydrazone groups is 2. The van der Waals surface area contributed by atoms with Gasteiger partial charge in [0, 0.05) is 0 Å². The Kier molecular flexibility index (Phi) is 6.60. The molecule has 7 heteroatoms. The molecule has 0 spiro atoms. The zero-order valence-corrected chi connectivity index (χ0v) is 17.5. The average molecular weight is 403 g/mol. The molecule has 0 saturated carbocycles. The quantitative estimate of drug-likeness (QED) is 0.712. The molecule has 0 fully saturated rings. The van der Waals surface area contributed by atoms with Crippen LogP contribution in [0, 0.1) is 25.2 Å². The van der Waals surface area contributed by atoms with Gasteiger partial charge in [-0.3, -0.25) is 10.0 Å². The SMILES string of the molecule is CC1=NN(CCC#N)C(=O)C1=NN(O)c1cccc(CCc2c(C)cccc2C)c1. The third-order valence-corrected chi connectivity index (χ3v) is 5.13. The molecule has 0 atom stereocenters. The van der Waals surface area contributed by atoms with Crippen LogP contribution in [0.3, 0.4) is 0 Å². The highest BCUT2D eigenvalue weighted by Crippen LogP contribution is 2.20. The number of nitrogens with zero attached hydrogens (tertiary/aromatic N) is 5. The molecule has 0 aromatic heterocycles. The first-order valence-corrected chi connectivity index (χ1v) is 9.86. The van der Waals surface area contributed by atoms with Gasteiger partial charge in [0.1, 0.15) is 0 Å². The minimum Gasteiger partial charge on any atom is -0.267 e. The summed E-state index contributed by atoms with van der Waals surface area (Å²) < 4.78 is 0. The van der Waals surface area contributed by atoms with E-state index in [0.717, 1.165) is 18.4 Å². The van der Waals surface area contributed by atoms with E-state index in [1.54, 1.807) is 13.0 Å². The Bertz CT molecular complexity index is 1030. The van der Waals surface area contributed by atoms with Gasteiger partial charge in [-0.25, -0.2) is 5.01 Å². The first-order chi connectivity index (χ1) is 14.4. The van der Waals surface area contributed by atoms with Gasteiger partial charge >= 0.3 is 0 Å². The summed E-state index contributed by atoms with van der Waals surface area (Å²) in [6.07, 6.45) is 1.91. The Labute approximate surface area is 176 Å². The van der Waals surface area contributed by atoms with Gasteiger partial charge in [-0.15, -0.1) is 10.3 Å². The van der Waals surface area contributed by atoms with Crippen molar-refractivity contribution in [1.82, 2.24) is 5.01 Å². The molecule has 0 bridgehead atoms. The molecule has 1 aliphatic rings. The molecule has 1 N–H and O–H groups in total. The fraction of sp³-hybridized carbons (Fsp3) is 0.304. The van der Waals surface area contributed by atoms with E-state index in [2.05, 4.69) is 42.2 Å². The third-order valence-electron chi connectivity index (χ3n) is 5.13. The highest BCUT2D eigenvalue weighted by Gasteiger charge is 2.30. The summed E-state index contributed by atoms with van der Waals surface area (Å²) in [7, 11) is 0. The van der Waals surface area contributed by atoms with Crippen molar-refractivity contribution in [3.63, 3.8) is 0 Å². The molecule has 154 valence electrons. The first kappa shape index (κ1) is 21.2. The summed E-state index contributed by atoms with van der Waals surface area (Å²) in [4.78, 5) is 12.4. The molecule has 2 aromatic carbocycles. The van der Waals surface area contributed by atoms with Crippen molar-refractivity contribution in [3.8, 4) is 6.07 Å². The summed E-state index contributed by atoms with van der Waals surface area (Å²) in [5.74, 6) is -0.423. The maximum absolute atomic E-state index is 12.4. The molecule has 0 unspecified atom stereocenters. The van der Waals surface area contributed by atoms with E-state index in [4.69, 9.17) is 5.26 Å². The molecule has 1 heterocycles. The first-order valence-electron chi connectivity index (χ1n) is 9.86. The summed E-state index contributed by atoms with van der Waals surface area (Å²) in [5, 5.41) is 29.2. The highest BCUT2D eigenvalue weighted by atomic mass is 16.5.